The Balaban J connectivity index is 2.68. The maximum atomic E-state index is 6.22. The van der Waals surface area contributed by atoms with Gasteiger partial charge in [0.05, 0.1) is 6.61 Å². The van der Waals surface area contributed by atoms with Crippen molar-refractivity contribution in [3.05, 3.63) is 29.3 Å². The van der Waals surface area contributed by atoms with Crippen molar-refractivity contribution in [2.45, 2.75) is 97.9 Å². The maximum absolute atomic E-state index is 6.22. The minimum Gasteiger partial charge on any atom is -0.493 e. The molecule has 0 saturated carbocycles. The fourth-order valence-corrected chi connectivity index (χ4v) is 3.26. The number of ether oxygens (including phenoxy) is 1. The molecule has 0 heterocycles. The predicted molar refractivity (Wildman–Crippen MR) is 127 cm³/mol. The molecule has 0 atom stereocenters. The minimum absolute atomic E-state index is 0.103. The molecule has 0 saturated heterocycles. The Morgan fingerprint density at radius 1 is 1.04 bits per heavy atom. The monoisotopic (exact) mass is 406 g/mol. The molecule has 160 valence electrons. The molecule has 1 rings (SSSR count). The van der Waals surface area contributed by atoms with Gasteiger partial charge in [-0.05, 0) is 74.2 Å². The fourth-order valence-electron chi connectivity index (χ4n) is 2.92. The predicted octanol–water partition coefficient (Wildman–Crippen LogP) is 6.09. The molecule has 0 radical (unpaired) electrons. The van der Waals surface area contributed by atoms with E-state index in [9.17, 15) is 0 Å². The second-order valence-corrected chi connectivity index (χ2v) is 9.70. The Labute approximate surface area is 179 Å². The SMILES string of the molecule is CCC(C)(C)c1ccc(OCCCCNC(=S)NC(C)C)c(C(C)(C)CC)c1. The highest BCUT2D eigenvalue weighted by molar-refractivity contribution is 7.80. The van der Waals surface area contributed by atoms with Gasteiger partial charge in [0.2, 0.25) is 0 Å². The van der Waals surface area contributed by atoms with Gasteiger partial charge in [-0.2, -0.15) is 0 Å². The molecule has 0 fully saturated rings. The summed E-state index contributed by atoms with van der Waals surface area (Å²) in [5.41, 5.74) is 3.01. The van der Waals surface area contributed by atoms with Crippen molar-refractivity contribution in [1.29, 1.82) is 0 Å². The highest BCUT2D eigenvalue weighted by Crippen LogP contribution is 2.38. The molecule has 1 aromatic carbocycles. The molecule has 0 aliphatic rings. The van der Waals surface area contributed by atoms with Crippen LogP contribution in [0.4, 0.5) is 0 Å². The summed E-state index contributed by atoms with van der Waals surface area (Å²) in [6, 6.07) is 7.16. The fraction of sp³-hybridized carbons (Fsp3) is 0.708. The lowest BCUT2D eigenvalue weighted by atomic mass is 9.76. The molecule has 0 amide bonds. The number of nitrogens with one attached hydrogen (secondary N) is 2. The van der Waals surface area contributed by atoms with Crippen LogP contribution in [-0.4, -0.2) is 24.3 Å². The maximum Gasteiger partial charge on any atom is 0.166 e. The summed E-state index contributed by atoms with van der Waals surface area (Å²) in [6.07, 6.45) is 4.25. The topological polar surface area (TPSA) is 33.3 Å². The zero-order chi connectivity index (χ0) is 21.4. The van der Waals surface area contributed by atoms with Gasteiger partial charge < -0.3 is 15.4 Å². The van der Waals surface area contributed by atoms with Gasteiger partial charge in [0, 0.05) is 18.2 Å². The lowest BCUT2D eigenvalue weighted by molar-refractivity contribution is 0.296. The standard InChI is InChI=1S/C24H42N2OS/c1-9-23(5,6)19-13-14-21(20(17-19)24(7,8)10-2)27-16-12-11-15-25-22(28)26-18(3)4/h13-14,17-18H,9-12,15-16H2,1-8H3,(H2,25,26,28). The Bertz CT molecular complexity index is 623. The first-order valence-electron chi connectivity index (χ1n) is 10.9. The summed E-state index contributed by atoms with van der Waals surface area (Å²) >= 11 is 5.25. The number of rotatable bonds is 11. The number of unbranched alkanes of at least 4 members (excludes halogenated alkanes) is 1. The zero-order valence-electron chi connectivity index (χ0n) is 19.4. The smallest absolute Gasteiger partial charge is 0.166 e. The number of thiocarbonyl (C=S) groups is 1. The highest BCUT2D eigenvalue weighted by Gasteiger charge is 2.26. The van der Waals surface area contributed by atoms with E-state index in [0.717, 1.165) is 49.7 Å². The molecular formula is C24H42N2OS. The van der Waals surface area contributed by atoms with E-state index in [1.54, 1.807) is 0 Å². The lowest BCUT2D eigenvalue weighted by Gasteiger charge is -2.30. The molecule has 1 aromatic rings. The van der Waals surface area contributed by atoms with E-state index >= 15 is 0 Å². The lowest BCUT2D eigenvalue weighted by Crippen LogP contribution is -2.39. The number of benzene rings is 1. The van der Waals surface area contributed by atoms with E-state index in [4.69, 9.17) is 17.0 Å². The van der Waals surface area contributed by atoms with Gasteiger partial charge >= 0.3 is 0 Å². The summed E-state index contributed by atoms with van der Waals surface area (Å²) < 4.78 is 6.22. The van der Waals surface area contributed by atoms with Gasteiger partial charge in [-0.25, -0.2) is 0 Å². The van der Waals surface area contributed by atoms with Crippen LogP contribution in [0.15, 0.2) is 18.2 Å². The molecule has 3 nitrogen and oxygen atoms in total. The quantitative estimate of drug-likeness (QED) is 0.344. The summed E-state index contributed by atoms with van der Waals surface area (Å²) in [6.45, 7) is 19.5. The number of hydrogen-bond donors (Lipinski definition) is 2. The molecule has 4 heteroatoms. The van der Waals surface area contributed by atoms with Crippen molar-refractivity contribution >= 4 is 17.3 Å². The van der Waals surface area contributed by atoms with Crippen LogP contribution in [0.25, 0.3) is 0 Å². The van der Waals surface area contributed by atoms with Crippen molar-refractivity contribution in [2.75, 3.05) is 13.2 Å². The third-order valence-electron chi connectivity index (χ3n) is 5.79. The van der Waals surface area contributed by atoms with Crippen molar-refractivity contribution in [3.63, 3.8) is 0 Å². The van der Waals surface area contributed by atoms with E-state index in [1.807, 2.05) is 0 Å². The third kappa shape index (κ3) is 7.62. The van der Waals surface area contributed by atoms with Crippen LogP contribution >= 0.6 is 12.2 Å². The molecular weight excluding hydrogens is 364 g/mol. The normalized spacial score (nSPS) is 12.2. The average Bonchev–Trinajstić information content (AvgIpc) is 2.63. The third-order valence-corrected chi connectivity index (χ3v) is 6.05. The summed E-state index contributed by atoms with van der Waals surface area (Å²) in [5.74, 6) is 1.03. The van der Waals surface area contributed by atoms with Gasteiger partial charge in [-0.3, -0.25) is 0 Å². The van der Waals surface area contributed by atoms with Crippen molar-refractivity contribution in [1.82, 2.24) is 10.6 Å². The van der Waals surface area contributed by atoms with Crippen molar-refractivity contribution in [2.24, 2.45) is 0 Å². The van der Waals surface area contributed by atoms with Crippen LogP contribution in [0.1, 0.15) is 92.2 Å². The van der Waals surface area contributed by atoms with Crippen LogP contribution in [0.2, 0.25) is 0 Å². The molecule has 0 aliphatic heterocycles. The van der Waals surface area contributed by atoms with Gasteiger partial charge in [0.1, 0.15) is 5.75 Å². The van der Waals surface area contributed by atoms with Crippen LogP contribution in [0.3, 0.4) is 0 Å². The van der Waals surface area contributed by atoms with E-state index in [-0.39, 0.29) is 10.8 Å². The first kappa shape index (κ1) is 24.7. The van der Waals surface area contributed by atoms with E-state index < -0.39 is 0 Å². The Morgan fingerprint density at radius 3 is 2.25 bits per heavy atom. The van der Waals surface area contributed by atoms with Crippen LogP contribution in [0.5, 0.6) is 5.75 Å². The van der Waals surface area contributed by atoms with Crippen LogP contribution in [0, 0.1) is 0 Å². The summed E-state index contributed by atoms with van der Waals surface area (Å²) in [5, 5.41) is 7.19. The molecule has 0 bridgehead atoms. The first-order valence-corrected chi connectivity index (χ1v) is 11.3. The van der Waals surface area contributed by atoms with Gasteiger partial charge in [-0.1, -0.05) is 53.7 Å². The van der Waals surface area contributed by atoms with E-state index in [2.05, 4.69) is 84.2 Å². The van der Waals surface area contributed by atoms with Crippen molar-refractivity contribution in [3.8, 4) is 5.75 Å². The van der Waals surface area contributed by atoms with Crippen LogP contribution < -0.4 is 15.4 Å². The Morgan fingerprint density at radius 2 is 1.68 bits per heavy atom. The largest absolute Gasteiger partial charge is 0.493 e. The van der Waals surface area contributed by atoms with Crippen LogP contribution in [-0.2, 0) is 10.8 Å². The average molecular weight is 407 g/mol. The van der Waals surface area contributed by atoms with Crippen molar-refractivity contribution < 1.29 is 4.74 Å². The molecule has 0 spiro atoms. The molecule has 28 heavy (non-hydrogen) atoms. The van der Waals surface area contributed by atoms with Gasteiger partial charge in [0.25, 0.3) is 0 Å². The molecule has 0 unspecified atom stereocenters. The Kier molecular flexibility index (Phi) is 9.76. The number of hydrogen-bond acceptors (Lipinski definition) is 2. The summed E-state index contributed by atoms with van der Waals surface area (Å²) in [4.78, 5) is 0. The second kappa shape index (κ2) is 11.0. The molecule has 0 aromatic heterocycles. The summed E-state index contributed by atoms with van der Waals surface area (Å²) in [7, 11) is 0. The van der Waals surface area contributed by atoms with E-state index in [1.165, 1.54) is 11.1 Å². The minimum atomic E-state index is 0.103. The van der Waals surface area contributed by atoms with Gasteiger partial charge in [0.15, 0.2) is 5.11 Å². The zero-order valence-corrected chi connectivity index (χ0v) is 20.2. The molecule has 2 N–H and O–H groups in total. The van der Waals surface area contributed by atoms with E-state index in [0.29, 0.717) is 6.04 Å². The second-order valence-electron chi connectivity index (χ2n) is 9.30. The highest BCUT2D eigenvalue weighted by atomic mass is 32.1. The molecule has 0 aliphatic carbocycles. The first-order chi connectivity index (χ1) is 13.0. The Hall–Kier alpha value is -1.29. The van der Waals surface area contributed by atoms with Gasteiger partial charge in [-0.15, -0.1) is 0 Å².